The van der Waals surface area contributed by atoms with Crippen molar-refractivity contribution in [3.05, 3.63) is 65.5 Å². The Labute approximate surface area is 158 Å². The van der Waals surface area contributed by atoms with Crippen LogP contribution >= 0.6 is 0 Å². The number of halogens is 1. The van der Waals surface area contributed by atoms with Crippen LogP contribution in [0.15, 0.2) is 48.5 Å². The van der Waals surface area contributed by atoms with Gasteiger partial charge >= 0.3 is 0 Å². The zero-order chi connectivity index (χ0) is 20.0. The summed E-state index contributed by atoms with van der Waals surface area (Å²) in [6, 6.07) is 12.2. The number of hydrogen-bond donors (Lipinski definition) is 1. The normalized spacial score (nSPS) is 11.1. The van der Waals surface area contributed by atoms with E-state index in [1.165, 1.54) is 37.3 Å². The monoisotopic (exact) mass is 392 g/mol. The van der Waals surface area contributed by atoms with Crippen molar-refractivity contribution in [2.45, 2.75) is 19.9 Å². The molecule has 0 heterocycles. The number of sulfonamides is 1. The van der Waals surface area contributed by atoms with Crippen molar-refractivity contribution in [2.75, 3.05) is 17.1 Å². The van der Waals surface area contributed by atoms with E-state index in [9.17, 15) is 22.4 Å². The summed E-state index contributed by atoms with van der Waals surface area (Å²) >= 11 is 0. The molecule has 0 aliphatic heterocycles. The predicted octanol–water partition coefficient (Wildman–Crippen LogP) is 2.50. The molecular formula is C19H21FN2O4S. The van der Waals surface area contributed by atoms with Crippen LogP contribution in [0, 0.1) is 5.82 Å². The molecule has 0 unspecified atom stereocenters. The van der Waals surface area contributed by atoms with E-state index in [0.717, 1.165) is 10.6 Å². The third kappa shape index (κ3) is 5.89. The van der Waals surface area contributed by atoms with Crippen LogP contribution in [0.1, 0.15) is 29.3 Å². The van der Waals surface area contributed by atoms with Gasteiger partial charge in [0.2, 0.25) is 15.9 Å². The van der Waals surface area contributed by atoms with Crippen molar-refractivity contribution in [1.29, 1.82) is 0 Å². The first-order valence-electron chi connectivity index (χ1n) is 8.27. The molecule has 0 spiro atoms. The van der Waals surface area contributed by atoms with Crippen LogP contribution in [0.3, 0.4) is 0 Å². The zero-order valence-electron chi connectivity index (χ0n) is 15.1. The second-order valence-electron chi connectivity index (χ2n) is 6.06. The van der Waals surface area contributed by atoms with Crippen molar-refractivity contribution in [1.82, 2.24) is 5.32 Å². The fourth-order valence-electron chi connectivity index (χ4n) is 2.48. The minimum absolute atomic E-state index is 0.0255. The highest BCUT2D eigenvalue weighted by Crippen LogP contribution is 2.19. The number of carbonyl (C=O) groups is 2. The molecule has 2 rings (SSSR count). The Morgan fingerprint density at radius 1 is 1.07 bits per heavy atom. The minimum Gasteiger partial charge on any atom is -0.352 e. The standard InChI is InChI=1S/C19H21FN2O4S/c1-14(23)15-7-9-17(10-8-15)22(27(2,25)26)12-11-19(24)21-13-16-5-3-4-6-18(16)20/h3-10H,11-13H2,1-2H3,(H,21,24). The molecule has 0 fully saturated rings. The lowest BCUT2D eigenvalue weighted by molar-refractivity contribution is -0.121. The highest BCUT2D eigenvalue weighted by Gasteiger charge is 2.19. The molecule has 1 N–H and O–H groups in total. The SMILES string of the molecule is CC(=O)c1ccc(N(CCC(=O)NCc2ccccc2F)S(C)(=O)=O)cc1. The molecule has 2 aromatic carbocycles. The molecule has 2 aromatic rings. The molecule has 0 aromatic heterocycles. The van der Waals surface area contributed by atoms with Gasteiger partial charge in [0.25, 0.3) is 0 Å². The second-order valence-corrected chi connectivity index (χ2v) is 7.96. The summed E-state index contributed by atoms with van der Waals surface area (Å²) in [5.74, 6) is -0.937. The average molecular weight is 392 g/mol. The minimum atomic E-state index is -3.61. The maximum atomic E-state index is 13.6. The lowest BCUT2D eigenvalue weighted by atomic mass is 10.1. The van der Waals surface area contributed by atoms with Gasteiger partial charge in [-0.2, -0.15) is 0 Å². The van der Waals surface area contributed by atoms with Crippen LogP contribution < -0.4 is 9.62 Å². The maximum absolute atomic E-state index is 13.6. The third-order valence-corrected chi connectivity index (χ3v) is 5.13. The van der Waals surface area contributed by atoms with Crippen LogP contribution in [-0.4, -0.2) is 32.9 Å². The highest BCUT2D eigenvalue weighted by atomic mass is 32.2. The smallest absolute Gasteiger partial charge is 0.232 e. The topological polar surface area (TPSA) is 83.6 Å². The summed E-state index contributed by atoms with van der Waals surface area (Å²) in [6.07, 6.45) is 0.957. The van der Waals surface area contributed by atoms with Crippen molar-refractivity contribution in [2.24, 2.45) is 0 Å². The predicted molar refractivity (Wildman–Crippen MR) is 102 cm³/mol. The van der Waals surface area contributed by atoms with Crippen molar-refractivity contribution < 1.29 is 22.4 Å². The summed E-state index contributed by atoms with van der Waals surface area (Å²) < 4.78 is 38.8. The number of amides is 1. The molecule has 0 atom stereocenters. The van der Waals surface area contributed by atoms with Gasteiger partial charge in [0, 0.05) is 30.6 Å². The van der Waals surface area contributed by atoms with E-state index in [1.54, 1.807) is 18.2 Å². The van der Waals surface area contributed by atoms with Gasteiger partial charge in [-0.3, -0.25) is 13.9 Å². The number of hydrogen-bond acceptors (Lipinski definition) is 4. The zero-order valence-corrected chi connectivity index (χ0v) is 15.9. The van der Waals surface area contributed by atoms with Crippen LogP contribution in [0.4, 0.5) is 10.1 Å². The van der Waals surface area contributed by atoms with E-state index in [2.05, 4.69) is 5.32 Å². The number of rotatable bonds is 8. The van der Waals surface area contributed by atoms with Crippen molar-refractivity contribution in [3.8, 4) is 0 Å². The van der Waals surface area contributed by atoms with Crippen LogP contribution in [0.5, 0.6) is 0 Å². The first-order chi connectivity index (χ1) is 12.7. The van der Waals surface area contributed by atoms with E-state index in [-0.39, 0.29) is 25.3 Å². The number of benzene rings is 2. The molecule has 1 amide bonds. The molecule has 0 aliphatic rings. The van der Waals surface area contributed by atoms with Gasteiger partial charge in [0.15, 0.2) is 5.78 Å². The first kappa shape index (κ1) is 20.6. The number of nitrogens with one attached hydrogen (secondary N) is 1. The van der Waals surface area contributed by atoms with E-state index in [4.69, 9.17) is 0 Å². The Bertz CT molecular complexity index is 927. The molecule has 144 valence electrons. The maximum Gasteiger partial charge on any atom is 0.232 e. The Morgan fingerprint density at radius 2 is 1.70 bits per heavy atom. The fraction of sp³-hybridized carbons (Fsp3) is 0.263. The van der Waals surface area contributed by atoms with E-state index < -0.39 is 21.7 Å². The average Bonchev–Trinajstić information content (AvgIpc) is 2.60. The Hall–Kier alpha value is -2.74. The van der Waals surface area contributed by atoms with Gasteiger partial charge in [-0.15, -0.1) is 0 Å². The lowest BCUT2D eigenvalue weighted by Crippen LogP contribution is -2.34. The largest absolute Gasteiger partial charge is 0.352 e. The molecule has 8 heteroatoms. The van der Waals surface area contributed by atoms with Crippen LogP contribution in [0.25, 0.3) is 0 Å². The van der Waals surface area contributed by atoms with Gasteiger partial charge in [0.05, 0.1) is 11.9 Å². The number of ketones is 1. The summed E-state index contributed by atoms with van der Waals surface area (Å²) in [4.78, 5) is 23.4. The molecule has 0 aliphatic carbocycles. The van der Waals surface area contributed by atoms with Gasteiger partial charge in [0.1, 0.15) is 5.82 Å². The molecular weight excluding hydrogens is 371 g/mol. The molecule has 27 heavy (non-hydrogen) atoms. The van der Waals surface area contributed by atoms with E-state index in [0.29, 0.717) is 16.8 Å². The van der Waals surface area contributed by atoms with Crippen LogP contribution in [-0.2, 0) is 21.4 Å². The summed E-state index contributed by atoms with van der Waals surface area (Å²) in [5, 5.41) is 2.58. The lowest BCUT2D eigenvalue weighted by Gasteiger charge is -2.22. The third-order valence-electron chi connectivity index (χ3n) is 3.94. The number of carbonyl (C=O) groups excluding carboxylic acids is 2. The van der Waals surface area contributed by atoms with Crippen LogP contribution in [0.2, 0.25) is 0 Å². The Kier molecular flexibility index (Phi) is 6.68. The molecule has 0 saturated carbocycles. The Morgan fingerprint density at radius 3 is 2.26 bits per heavy atom. The van der Waals surface area contributed by atoms with Crippen molar-refractivity contribution in [3.63, 3.8) is 0 Å². The number of anilines is 1. The molecule has 6 nitrogen and oxygen atoms in total. The fourth-order valence-corrected chi connectivity index (χ4v) is 3.40. The number of Topliss-reactive ketones (excluding diaryl/α,β-unsaturated/α-hetero) is 1. The Balaban J connectivity index is 2.01. The van der Waals surface area contributed by atoms with Gasteiger partial charge in [-0.1, -0.05) is 18.2 Å². The summed E-state index contributed by atoms with van der Waals surface area (Å²) in [5.41, 5.74) is 1.19. The first-order valence-corrected chi connectivity index (χ1v) is 10.1. The quantitative estimate of drug-likeness (QED) is 0.700. The van der Waals surface area contributed by atoms with E-state index >= 15 is 0 Å². The highest BCUT2D eigenvalue weighted by molar-refractivity contribution is 7.92. The molecule has 0 saturated heterocycles. The van der Waals surface area contributed by atoms with Gasteiger partial charge in [-0.05, 0) is 37.3 Å². The summed E-state index contributed by atoms with van der Waals surface area (Å²) in [7, 11) is -3.61. The van der Waals surface area contributed by atoms with Gasteiger partial charge < -0.3 is 5.32 Å². The summed E-state index contributed by atoms with van der Waals surface area (Å²) in [6.45, 7) is 1.38. The van der Waals surface area contributed by atoms with E-state index in [1.807, 2.05) is 0 Å². The number of nitrogens with zero attached hydrogens (tertiary/aromatic N) is 1. The van der Waals surface area contributed by atoms with Gasteiger partial charge in [-0.25, -0.2) is 12.8 Å². The van der Waals surface area contributed by atoms with Crippen molar-refractivity contribution >= 4 is 27.4 Å². The second kappa shape index (κ2) is 8.77. The molecule has 0 radical (unpaired) electrons. The molecule has 0 bridgehead atoms.